The third kappa shape index (κ3) is 3.75. The van der Waals surface area contributed by atoms with Crippen LogP contribution < -0.4 is 10.2 Å². The van der Waals surface area contributed by atoms with Crippen LogP contribution in [0.3, 0.4) is 0 Å². The minimum atomic E-state index is -0.220. The van der Waals surface area contributed by atoms with Gasteiger partial charge in [0, 0.05) is 25.9 Å². The molecule has 0 saturated carbocycles. The summed E-state index contributed by atoms with van der Waals surface area (Å²) in [7, 11) is 3.83. The van der Waals surface area contributed by atoms with Crippen molar-refractivity contribution in [2.75, 3.05) is 24.3 Å². The molecule has 122 valence electrons. The molecule has 0 aliphatic rings. The lowest BCUT2D eigenvalue weighted by Crippen LogP contribution is -2.11. The van der Waals surface area contributed by atoms with Crippen molar-refractivity contribution in [2.45, 2.75) is 0 Å². The van der Waals surface area contributed by atoms with Gasteiger partial charge in [0.15, 0.2) is 0 Å². The number of hydrogen-bond donors (Lipinski definition) is 1. The molecule has 1 amide bonds. The number of nitrogens with zero attached hydrogens (tertiary/aromatic N) is 2. The summed E-state index contributed by atoms with van der Waals surface area (Å²) in [5.74, 6) is -0.220. The smallest absolute Gasteiger partial charge is 0.248 e. The molecule has 3 rings (SSSR count). The van der Waals surface area contributed by atoms with Crippen molar-refractivity contribution >= 4 is 56.5 Å². The molecule has 0 atom stereocenters. The summed E-state index contributed by atoms with van der Waals surface area (Å²) in [6.07, 6.45) is 3.20. The van der Waals surface area contributed by atoms with Crippen molar-refractivity contribution < 1.29 is 4.79 Å². The molecule has 3 aromatic rings. The van der Waals surface area contributed by atoms with Gasteiger partial charge in [-0.15, -0.1) is 11.3 Å². The number of rotatable bonds is 4. The Morgan fingerprint density at radius 2 is 2.04 bits per heavy atom. The topological polar surface area (TPSA) is 45.2 Å². The second kappa shape index (κ2) is 7.03. The zero-order valence-electron chi connectivity index (χ0n) is 13.3. The Morgan fingerprint density at radius 1 is 1.25 bits per heavy atom. The van der Waals surface area contributed by atoms with Crippen molar-refractivity contribution in [3.8, 4) is 0 Å². The summed E-state index contributed by atoms with van der Waals surface area (Å²) in [5.41, 5.74) is 2.50. The predicted octanol–water partition coefficient (Wildman–Crippen LogP) is 4.67. The molecular formula is C18H16ClN3OS. The van der Waals surface area contributed by atoms with Crippen molar-refractivity contribution in [3.05, 3.63) is 58.6 Å². The molecule has 1 heterocycles. The lowest BCUT2D eigenvalue weighted by molar-refractivity contribution is -0.111. The summed E-state index contributed by atoms with van der Waals surface area (Å²) in [5, 5.41) is 4.19. The average molecular weight is 358 g/mol. The Labute approximate surface area is 149 Å². The molecule has 4 nitrogen and oxygen atoms in total. The van der Waals surface area contributed by atoms with Crippen LogP contribution >= 0.6 is 22.9 Å². The van der Waals surface area contributed by atoms with Crippen LogP contribution in [0, 0.1) is 0 Å². The first-order valence-corrected chi connectivity index (χ1v) is 8.54. The largest absolute Gasteiger partial charge is 0.376 e. The van der Waals surface area contributed by atoms with Gasteiger partial charge in [-0.2, -0.15) is 0 Å². The normalized spacial score (nSPS) is 11.1. The first kappa shape index (κ1) is 16.5. The van der Waals surface area contributed by atoms with Gasteiger partial charge in [0.05, 0.1) is 20.9 Å². The maximum atomic E-state index is 12.1. The second-order valence-electron chi connectivity index (χ2n) is 5.40. The van der Waals surface area contributed by atoms with E-state index in [1.807, 2.05) is 55.4 Å². The van der Waals surface area contributed by atoms with Crippen LogP contribution in [0.1, 0.15) is 5.01 Å². The highest BCUT2D eigenvalue weighted by atomic mass is 35.5. The van der Waals surface area contributed by atoms with Crippen molar-refractivity contribution in [1.82, 2.24) is 4.98 Å². The predicted molar refractivity (Wildman–Crippen MR) is 103 cm³/mol. The number of fused-ring (bicyclic) bond motifs is 1. The van der Waals surface area contributed by atoms with E-state index < -0.39 is 0 Å². The first-order chi connectivity index (χ1) is 11.5. The van der Waals surface area contributed by atoms with Crippen LogP contribution in [0.15, 0.2) is 48.5 Å². The minimum absolute atomic E-state index is 0.220. The number of thiazole rings is 1. The summed E-state index contributed by atoms with van der Waals surface area (Å²) in [6, 6.07) is 13.3. The van der Waals surface area contributed by atoms with E-state index >= 15 is 0 Å². The lowest BCUT2D eigenvalue weighted by Gasteiger charge is -2.15. The van der Waals surface area contributed by atoms with Gasteiger partial charge in [0.1, 0.15) is 5.01 Å². The fourth-order valence-corrected chi connectivity index (χ4v) is 3.46. The Morgan fingerprint density at radius 3 is 2.75 bits per heavy atom. The van der Waals surface area contributed by atoms with Gasteiger partial charge in [0.2, 0.25) is 5.91 Å². The zero-order valence-corrected chi connectivity index (χ0v) is 14.9. The molecule has 0 saturated heterocycles. The third-order valence-corrected chi connectivity index (χ3v) is 4.69. The van der Waals surface area contributed by atoms with Crippen molar-refractivity contribution in [1.29, 1.82) is 0 Å². The maximum Gasteiger partial charge on any atom is 0.248 e. The van der Waals surface area contributed by atoms with E-state index in [-0.39, 0.29) is 5.91 Å². The molecule has 0 fully saturated rings. The Balaban J connectivity index is 1.70. The van der Waals surface area contributed by atoms with Crippen LogP contribution in [0.2, 0.25) is 5.02 Å². The number of aromatic nitrogens is 1. The number of carbonyl (C=O) groups is 1. The summed E-state index contributed by atoms with van der Waals surface area (Å²) < 4.78 is 1.10. The monoisotopic (exact) mass is 357 g/mol. The van der Waals surface area contributed by atoms with Crippen molar-refractivity contribution in [2.24, 2.45) is 0 Å². The van der Waals surface area contributed by atoms with E-state index in [1.165, 1.54) is 6.08 Å². The van der Waals surface area contributed by atoms with Crippen molar-refractivity contribution in [3.63, 3.8) is 0 Å². The molecule has 6 heteroatoms. The Bertz CT molecular complexity index is 885. The fourth-order valence-electron chi connectivity index (χ4n) is 2.24. The average Bonchev–Trinajstić information content (AvgIpc) is 2.95. The van der Waals surface area contributed by atoms with Gasteiger partial charge in [-0.25, -0.2) is 4.98 Å². The highest BCUT2D eigenvalue weighted by Gasteiger charge is 2.06. The number of benzene rings is 2. The summed E-state index contributed by atoms with van der Waals surface area (Å²) in [6.45, 7) is 0. The highest BCUT2D eigenvalue weighted by molar-refractivity contribution is 7.19. The minimum Gasteiger partial charge on any atom is -0.376 e. The molecule has 0 radical (unpaired) electrons. The standard InChI is InChI=1S/C18H16ClN3OS/c1-22(2)15-8-7-12(11-13(15)19)20-17(23)9-10-18-21-14-5-3-4-6-16(14)24-18/h3-11H,1-2H3,(H,20,23)/b10-9+. The molecule has 0 aliphatic carbocycles. The fraction of sp³-hybridized carbons (Fsp3) is 0.111. The number of hydrogen-bond acceptors (Lipinski definition) is 4. The second-order valence-corrected chi connectivity index (χ2v) is 6.87. The van der Waals surface area contributed by atoms with E-state index in [9.17, 15) is 4.79 Å². The Kier molecular flexibility index (Phi) is 4.83. The van der Waals surface area contributed by atoms with E-state index in [0.717, 1.165) is 20.9 Å². The van der Waals surface area contributed by atoms with Gasteiger partial charge in [0.25, 0.3) is 0 Å². The van der Waals surface area contributed by atoms with E-state index in [1.54, 1.807) is 23.5 Å². The molecular weight excluding hydrogens is 342 g/mol. The molecule has 1 N–H and O–H groups in total. The van der Waals surface area contributed by atoms with Crippen LogP contribution in [0.25, 0.3) is 16.3 Å². The van der Waals surface area contributed by atoms with E-state index in [4.69, 9.17) is 11.6 Å². The molecule has 0 spiro atoms. The molecule has 0 unspecified atom stereocenters. The molecule has 0 aliphatic heterocycles. The van der Waals surface area contributed by atoms with Gasteiger partial charge in [-0.3, -0.25) is 4.79 Å². The van der Waals surface area contributed by atoms with Crippen LogP contribution in [-0.2, 0) is 4.79 Å². The van der Waals surface area contributed by atoms with Crippen LogP contribution in [0.5, 0.6) is 0 Å². The van der Waals surface area contributed by atoms with E-state index in [0.29, 0.717) is 10.7 Å². The summed E-state index contributed by atoms with van der Waals surface area (Å²) >= 11 is 7.76. The van der Waals surface area contributed by atoms with Crippen LogP contribution in [0.4, 0.5) is 11.4 Å². The third-order valence-electron chi connectivity index (χ3n) is 3.38. The quantitative estimate of drug-likeness (QED) is 0.690. The number of anilines is 2. The number of nitrogens with one attached hydrogen (secondary N) is 1. The molecule has 1 aromatic heterocycles. The molecule has 0 bridgehead atoms. The van der Waals surface area contributed by atoms with Crippen LogP contribution in [-0.4, -0.2) is 25.0 Å². The number of amides is 1. The van der Waals surface area contributed by atoms with E-state index in [2.05, 4.69) is 10.3 Å². The number of para-hydroxylation sites is 1. The lowest BCUT2D eigenvalue weighted by atomic mass is 10.2. The maximum absolute atomic E-state index is 12.1. The first-order valence-electron chi connectivity index (χ1n) is 7.34. The summed E-state index contributed by atoms with van der Waals surface area (Å²) in [4.78, 5) is 18.4. The number of carbonyl (C=O) groups excluding carboxylic acids is 1. The SMILES string of the molecule is CN(C)c1ccc(NC(=O)/C=C/c2nc3ccccc3s2)cc1Cl. The highest BCUT2D eigenvalue weighted by Crippen LogP contribution is 2.27. The zero-order chi connectivity index (χ0) is 17.1. The van der Waals surface area contributed by atoms with Gasteiger partial charge >= 0.3 is 0 Å². The van der Waals surface area contributed by atoms with Gasteiger partial charge in [-0.1, -0.05) is 23.7 Å². The molecule has 24 heavy (non-hydrogen) atoms. The molecule has 2 aromatic carbocycles. The number of halogens is 1. The Hall–Kier alpha value is -2.37. The van der Waals surface area contributed by atoms with Gasteiger partial charge < -0.3 is 10.2 Å². The van der Waals surface area contributed by atoms with Gasteiger partial charge in [-0.05, 0) is 36.4 Å².